The Balaban J connectivity index is 1.66. The Morgan fingerprint density at radius 3 is 2.87 bits per heavy atom. The Labute approximate surface area is 135 Å². The van der Waals surface area contributed by atoms with E-state index in [1.807, 2.05) is 19.1 Å². The number of hydrogen-bond acceptors (Lipinski definition) is 4. The summed E-state index contributed by atoms with van der Waals surface area (Å²) in [6, 6.07) is 5.55. The molecule has 1 aliphatic carbocycles. The fourth-order valence-electron chi connectivity index (χ4n) is 3.14. The summed E-state index contributed by atoms with van der Waals surface area (Å²) in [5.41, 5.74) is 1.59. The van der Waals surface area contributed by atoms with Crippen LogP contribution < -0.4 is 5.56 Å². The van der Waals surface area contributed by atoms with Gasteiger partial charge in [-0.2, -0.15) is 0 Å². The lowest BCUT2D eigenvalue weighted by atomic mass is 9.98. The van der Waals surface area contributed by atoms with Crippen LogP contribution in [0.5, 0.6) is 0 Å². The van der Waals surface area contributed by atoms with Gasteiger partial charge in [0, 0.05) is 6.54 Å². The zero-order valence-electron chi connectivity index (χ0n) is 13.5. The van der Waals surface area contributed by atoms with E-state index in [1.165, 1.54) is 17.3 Å². The van der Waals surface area contributed by atoms with Gasteiger partial charge < -0.3 is 4.74 Å². The smallest absolute Gasteiger partial charge is 0.307 e. The molecule has 2 aromatic rings. The van der Waals surface area contributed by atoms with Crippen LogP contribution in [0.4, 0.5) is 0 Å². The van der Waals surface area contributed by atoms with Gasteiger partial charge >= 0.3 is 5.97 Å². The van der Waals surface area contributed by atoms with Gasteiger partial charge in [-0.3, -0.25) is 14.2 Å². The standard InChI is InChI=1S/C18H22N2O3/c1-13-6-5-9-15-17(13)19-12-20(18(15)22)11-10-16(21)23-14-7-3-2-4-8-14/h5-6,9,12,14H,2-4,7-8,10-11H2,1H3. The highest BCUT2D eigenvalue weighted by atomic mass is 16.5. The number of fused-ring (bicyclic) bond motifs is 1. The van der Waals surface area contributed by atoms with Crippen LogP contribution in [0.2, 0.25) is 0 Å². The van der Waals surface area contributed by atoms with Crippen molar-refractivity contribution in [3.05, 3.63) is 40.4 Å². The number of rotatable bonds is 4. The van der Waals surface area contributed by atoms with Gasteiger partial charge in [0.15, 0.2) is 0 Å². The molecule has 5 heteroatoms. The fraction of sp³-hybridized carbons (Fsp3) is 0.500. The van der Waals surface area contributed by atoms with E-state index >= 15 is 0 Å². The molecule has 1 aliphatic rings. The van der Waals surface area contributed by atoms with Crippen molar-refractivity contribution in [1.82, 2.24) is 9.55 Å². The average Bonchev–Trinajstić information content (AvgIpc) is 2.56. The minimum atomic E-state index is -0.229. The number of carbonyl (C=O) groups is 1. The Morgan fingerprint density at radius 1 is 1.30 bits per heavy atom. The van der Waals surface area contributed by atoms with Gasteiger partial charge in [-0.1, -0.05) is 18.6 Å². The number of benzene rings is 1. The van der Waals surface area contributed by atoms with Crippen LogP contribution in [0, 0.1) is 6.92 Å². The van der Waals surface area contributed by atoms with Crippen molar-refractivity contribution >= 4 is 16.9 Å². The number of carbonyl (C=O) groups excluding carboxylic acids is 1. The zero-order chi connectivity index (χ0) is 16.2. The van der Waals surface area contributed by atoms with E-state index in [9.17, 15) is 9.59 Å². The number of aryl methyl sites for hydroxylation is 2. The highest BCUT2D eigenvalue weighted by Gasteiger charge is 2.17. The van der Waals surface area contributed by atoms with Gasteiger partial charge in [-0.05, 0) is 44.2 Å². The lowest BCUT2D eigenvalue weighted by Gasteiger charge is -2.21. The summed E-state index contributed by atoms with van der Waals surface area (Å²) in [4.78, 5) is 28.8. The molecule has 1 aromatic heterocycles. The molecular formula is C18H22N2O3. The minimum Gasteiger partial charge on any atom is -0.462 e. The first-order valence-electron chi connectivity index (χ1n) is 8.29. The van der Waals surface area contributed by atoms with E-state index in [-0.39, 0.29) is 24.1 Å². The maximum Gasteiger partial charge on any atom is 0.307 e. The molecule has 0 radical (unpaired) electrons. The summed E-state index contributed by atoms with van der Waals surface area (Å²) in [5, 5.41) is 0.591. The van der Waals surface area contributed by atoms with Crippen molar-refractivity contribution in [1.29, 1.82) is 0 Å². The highest BCUT2D eigenvalue weighted by Crippen LogP contribution is 2.20. The number of hydrogen-bond donors (Lipinski definition) is 0. The highest BCUT2D eigenvalue weighted by molar-refractivity contribution is 5.80. The van der Waals surface area contributed by atoms with Crippen LogP contribution in [0.15, 0.2) is 29.3 Å². The first-order chi connectivity index (χ1) is 11.1. The third-order valence-corrected chi connectivity index (χ3v) is 4.46. The maximum absolute atomic E-state index is 12.5. The topological polar surface area (TPSA) is 61.2 Å². The molecule has 0 spiro atoms. The van der Waals surface area contributed by atoms with Crippen LogP contribution in [0.1, 0.15) is 44.1 Å². The van der Waals surface area contributed by atoms with E-state index in [0.717, 1.165) is 36.8 Å². The molecule has 1 fully saturated rings. The van der Waals surface area contributed by atoms with E-state index in [2.05, 4.69) is 4.98 Å². The van der Waals surface area contributed by atoms with Crippen LogP contribution in [0.3, 0.4) is 0 Å². The molecule has 0 N–H and O–H groups in total. The Bertz CT molecular complexity index is 760. The monoisotopic (exact) mass is 314 g/mol. The largest absolute Gasteiger partial charge is 0.462 e. The quantitative estimate of drug-likeness (QED) is 0.814. The molecule has 5 nitrogen and oxygen atoms in total. The van der Waals surface area contributed by atoms with E-state index < -0.39 is 0 Å². The minimum absolute atomic E-state index is 0.0605. The molecule has 0 amide bonds. The number of aromatic nitrogens is 2. The Kier molecular flexibility index (Phi) is 4.74. The van der Waals surface area contributed by atoms with Crippen molar-refractivity contribution < 1.29 is 9.53 Å². The molecule has 0 saturated heterocycles. The first-order valence-corrected chi connectivity index (χ1v) is 8.29. The van der Waals surface area contributed by atoms with Crippen LogP contribution in [-0.4, -0.2) is 21.6 Å². The Morgan fingerprint density at radius 2 is 2.09 bits per heavy atom. The lowest BCUT2D eigenvalue weighted by molar-refractivity contribution is -0.150. The third kappa shape index (κ3) is 3.60. The molecule has 23 heavy (non-hydrogen) atoms. The van der Waals surface area contributed by atoms with Crippen molar-refractivity contribution in [2.45, 2.75) is 58.1 Å². The van der Waals surface area contributed by atoms with Crippen LogP contribution in [-0.2, 0) is 16.1 Å². The second kappa shape index (κ2) is 6.94. The van der Waals surface area contributed by atoms with Crippen LogP contribution in [0.25, 0.3) is 10.9 Å². The van der Waals surface area contributed by atoms with Gasteiger partial charge in [0.25, 0.3) is 5.56 Å². The summed E-state index contributed by atoms with van der Waals surface area (Å²) in [6.07, 6.45) is 7.19. The molecule has 1 heterocycles. The zero-order valence-corrected chi connectivity index (χ0v) is 13.5. The van der Waals surface area contributed by atoms with Gasteiger partial charge in [0.2, 0.25) is 0 Å². The molecule has 0 unspecified atom stereocenters. The summed E-state index contributed by atoms with van der Waals surface area (Å²) in [6.45, 7) is 2.24. The van der Waals surface area contributed by atoms with E-state index in [1.54, 1.807) is 6.07 Å². The molecule has 1 aromatic carbocycles. The molecule has 0 atom stereocenters. The molecule has 122 valence electrons. The summed E-state index contributed by atoms with van der Waals surface area (Å²) in [7, 11) is 0. The number of nitrogens with zero attached hydrogens (tertiary/aromatic N) is 2. The Hall–Kier alpha value is -2.17. The van der Waals surface area contributed by atoms with Crippen molar-refractivity contribution in [3.8, 4) is 0 Å². The van der Waals surface area contributed by atoms with Crippen LogP contribution >= 0.6 is 0 Å². The molecule has 0 bridgehead atoms. The fourth-order valence-corrected chi connectivity index (χ4v) is 3.14. The SMILES string of the molecule is Cc1cccc2c(=O)n(CCC(=O)OC3CCCCC3)cnc12. The molecule has 0 aliphatic heterocycles. The summed E-state index contributed by atoms with van der Waals surface area (Å²) < 4.78 is 6.97. The predicted octanol–water partition coefficient (Wildman–Crippen LogP) is 2.97. The lowest BCUT2D eigenvalue weighted by Crippen LogP contribution is -2.25. The normalized spacial score (nSPS) is 15.7. The average molecular weight is 314 g/mol. The summed E-state index contributed by atoms with van der Waals surface area (Å²) in [5.74, 6) is -0.229. The number of ether oxygens (including phenoxy) is 1. The van der Waals surface area contributed by atoms with Gasteiger partial charge in [-0.25, -0.2) is 4.98 Å². The third-order valence-electron chi connectivity index (χ3n) is 4.46. The number of para-hydroxylation sites is 1. The molecule has 3 rings (SSSR count). The maximum atomic E-state index is 12.5. The van der Waals surface area contributed by atoms with Gasteiger partial charge in [0.05, 0.1) is 23.7 Å². The number of esters is 1. The second-order valence-corrected chi connectivity index (χ2v) is 6.21. The van der Waals surface area contributed by atoms with E-state index in [0.29, 0.717) is 11.9 Å². The van der Waals surface area contributed by atoms with Crippen molar-refractivity contribution in [3.63, 3.8) is 0 Å². The first kappa shape index (κ1) is 15.7. The predicted molar refractivity (Wildman–Crippen MR) is 88.3 cm³/mol. The molecular weight excluding hydrogens is 292 g/mol. The van der Waals surface area contributed by atoms with Crippen molar-refractivity contribution in [2.75, 3.05) is 0 Å². The second-order valence-electron chi connectivity index (χ2n) is 6.21. The molecule has 1 saturated carbocycles. The van der Waals surface area contributed by atoms with E-state index in [4.69, 9.17) is 4.74 Å². The van der Waals surface area contributed by atoms with Gasteiger partial charge in [0.1, 0.15) is 6.10 Å². The van der Waals surface area contributed by atoms with Crippen molar-refractivity contribution in [2.24, 2.45) is 0 Å². The summed E-state index contributed by atoms with van der Waals surface area (Å²) >= 11 is 0. The van der Waals surface area contributed by atoms with Gasteiger partial charge in [-0.15, -0.1) is 0 Å².